The van der Waals surface area contributed by atoms with Gasteiger partial charge in [-0.3, -0.25) is 14.5 Å². The summed E-state index contributed by atoms with van der Waals surface area (Å²) in [5, 5.41) is 6.13. The molecule has 0 radical (unpaired) electrons. The van der Waals surface area contributed by atoms with Crippen molar-refractivity contribution >= 4 is 11.8 Å². The number of benzene rings is 1. The van der Waals surface area contributed by atoms with Crippen LogP contribution in [0.15, 0.2) is 18.2 Å². The minimum Gasteiger partial charge on any atom is -0.343 e. The van der Waals surface area contributed by atoms with E-state index < -0.39 is 0 Å². The molecule has 2 aliphatic heterocycles. The summed E-state index contributed by atoms with van der Waals surface area (Å²) < 4.78 is 0. The van der Waals surface area contributed by atoms with E-state index in [1.807, 2.05) is 36.9 Å². The van der Waals surface area contributed by atoms with Crippen molar-refractivity contribution in [2.75, 3.05) is 45.8 Å². The van der Waals surface area contributed by atoms with Crippen LogP contribution in [-0.4, -0.2) is 73.5 Å². The molecule has 3 rings (SSSR count). The maximum Gasteiger partial charge on any atom is 0.251 e. The van der Waals surface area contributed by atoms with E-state index in [2.05, 4.69) is 15.5 Å². The Morgan fingerprint density at radius 2 is 1.80 bits per heavy atom. The van der Waals surface area contributed by atoms with Crippen molar-refractivity contribution in [2.24, 2.45) is 0 Å². The first kappa shape index (κ1) is 17.9. The Balaban J connectivity index is 1.48. The van der Waals surface area contributed by atoms with Gasteiger partial charge >= 0.3 is 0 Å². The summed E-state index contributed by atoms with van der Waals surface area (Å²) in [5.74, 6) is -0.173. The molecule has 2 fully saturated rings. The van der Waals surface area contributed by atoms with Crippen LogP contribution in [-0.2, 0) is 4.79 Å². The van der Waals surface area contributed by atoms with Crippen LogP contribution in [0.2, 0.25) is 0 Å². The summed E-state index contributed by atoms with van der Waals surface area (Å²) in [6.07, 6.45) is 1.02. The molecule has 0 aliphatic carbocycles. The second-order valence-electron chi connectivity index (χ2n) is 7.13. The monoisotopic (exact) mass is 344 g/mol. The van der Waals surface area contributed by atoms with Gasteiger partial charge in [0.2, 0.25) is 5.91 Å². The lowest BCUT2D eigenvalue weighted by Gasteiger charge is -2.32. The van der Waals surface area contributed by atoms with Crippen molar-refractivity contribution < 1.29 is 9.59 Å². The lowest BCUT2D eigenvalue weighted by molar-refractivity contribution is -0.129. The van der Waals surface area contributed by atoms with Gasteiger partial charge in [0.15, 0.2) is 0 Å². The highest BCUT2D eigenvalue weighted by molar-refractivity contribution is 5.96. The number of carbonyl (C=O) groups is 2. The van der Waals surface area contributed by atoms with Crippen LogP contribution >= 0.6 is 0 Å². The fourth-order valence-corrected chi connectivity index (χ4v) is 3.79. The van der Waals surface area contributed by atoms with Crippen LogP contribution in [0.1, 0.15) is 27.9 Å². The third-order valence-corrected chi connectivity index (χ3v) is 5.07. The normalized spacial score (nSPS) is 21.4. The molecule has 2 aliphatic rings. The predicted octanol–water partition coefficient (Wildman–Crippen LogP) is 0.539. The maximum atomic E-state index is 12.4. The standard InChI is InChI=1S/C19H28N4O2/c1-14-9-15(2)11-16(10-14)19(25)21-12-18(24)23-6-3-17(13-23)22-7-4-20-5-8-22/h9-11,17,20H,3-8,12-13H2,1-2H3,(H,21,25). The molecule has 0 spiro atoms. The van der Waals surface area contributed by atoms with Crippen molar-refractivity contribution in [3.63, 3.8) is 0 Å². The Morgan fingerprint density at radius 3 is 2.48 bits per heavy atom. The minimum atomic E-state index is -0.182. The van der Waals surface area contributed by atoms with Crippen LogP contribution < -0.4 is 10.6 Å². The Morgan fingerprint density at radius 1 is 1.12 bits per heavy atom. The van der Waals surface area contributed by atoms with Gasteiger partial charge in [0.25, 0.3) is 5.91 Å². The number of nitrogens with one attached hydrogen (secondary N) is 2. The predicted molar refractivity (Wildman–Crippen MR) is 97.7 cm³/mol. The van der Waals surface area contributed by atoms with Crippen molar-refractivity contribution in [1.29, 1.82) is 0 Å². The smallest absolute Gasteiger partial charge is 0.251 e. The minimum absolute atomic E-state index is 0.00959. The van der Waals surface area contributed by atoms with Gasteiger partial charge in [-0.05, 0) is 32.4 Å². The van der Waals surface area contributed by atoms with Crippen LogP contribution in [0.3, 0.4) is 0 Å². The van der Waals surface area contributed by atoms with Crippen molar-refractivity contribution in [1.82, 2.24) is 20.4 Å². The zero-order valence-corrected chi connectivity index (χ0v) is 15.2. The highest BCUT2D eigenvalue weighted by Gasteiger charge is 2.30. The third-order valence-electron chi connectivity index (χ3n) is 5.07. The summed E-state index contributed by atoms with van der Waals surface area (Å²) in [5.41, 5.74) is 2.72. The first-order valence-corrected chi connectivity index (χ1v) is 9.12. The third kappa shape index (κ3) is 4.58. The topological polar surface area (TPSA) is 64.7 Å². The fraction of sp³-hybridized carbons (Fsp3) is 0.579. The molecule has 25 heavy (non-hydrogen) atoms. The summed E-state index contributed by atoms with van der Waals surface area (Å²) >= 11 is 0. The molecule has 1 unspecified atom stereocenters. The second kappa shape index (κ2) is 7.97. The van der Waals surface area contributed by atoms with Gasteiger partial charge in [-0.1, -0.05) is 17.2 Å². The van der Waals surface area contributed by atoms with Gasteiger partial charge in [0, 0.05) is 50.9 Å². The Hall–Kier alpha value is -1.92. The summed E-state index contributed by atoms with van der Waals surface area (Å²) in [6, 6.07) is 6.19. The Kier molecular flexibility index (Phi) is 5.71. The molecule has 1 aromatic rings. The molecule has 6 heteroatoms. The average molecular weight is 344 g/mol. The molecular weight excluding hydrogens is 316 g/mol. The molecule has 0 aromatic heterocycles. The zero-order valence-electron chi connectivity index (χ0n) is 15.2. The summed E-state index contributed by atoms with van der Waals surface area (Å²) in [7, 11) is 0. The van der Waals surface area contributed by atoms with E-state index in [1.165, 1.54) is 0 Å². The second-order valence-corrected chi connectivity index (χ2v) is 7.13. The van der Waals surface area contributed by atoms with Crippen molar-refractivity contribution in [3.8, 4) is 0 Å². The van der Waals surface area contributed by atoms with Crippen LogP contribution in [0.25, 0.3) is 0 Å². The van der Waals surface area contributed by atoms with Gasteiger partial charge in [-0.2, -0.15) is 0 Å². The fourth-order valence-electron chi connectivity index (χ4n) is 3.79. The SMILES string of the molecule is Cc1cc(C)cc(C(=O)NCC(=O)N2CCC(N3CCNCC3)C2)c1. The van der Waals surface area contributed by atoms with E-state index >= 15 is 0 Å². The van der Waals surface area contributed by atoms with E-state index in [-0.39, 0.29) is 18.4 Å². The van der Waals surface area contributed by atoms with Gasteiger partial charge < -0.3 is 15.5 Å². The number of hydrogen-bond acceptors (Lipinski definition) is 4. The summed E-state index contributed by atoms with van der Waals surface area (Å²) in [4.78, 5) is 29.1. The average Bonchev–Trinajstić information content (AvgIpc) is 3.09. The van der Waals surface area contributed by atoms with Gasteiger partial charge in [0.1, 0.15) is 0 Å². The molecule has 2 amide bonds. The number of aryl methyl sites for hydroxylation is 2. The van der Waals surface area contributed by atoms with Gasteiger partial charge in [0.05, 0.1) is 6.54 Å². The number of amides is 2. The van der Waals surface area contributed by atoms with Crippen LogP contribution in [0, 0.1) is 13.8 Å². The van der Waals surface area contributed by atoms with E-state index in [9.17, 15) is 9.59 Å². The van der Waals surface area contributed by atoms with Gasteiger partial charge in [-0.15, -0.1) is 0 Å². The summed E-state index contributed by atoms with van der Waals surface area (Å²) in [6.45, 7) is 9.72. The molecular formula is C19H28N4O2. The Labute approximate surface area is 149 Å². The zero-order chi connectivity index (χ0) is 17.8. The van der Waals surface area contributed by atoms with E-state index in [1.54, 1.807) is 0 Å². The maximum absolute atomic E-state index is 12.4. The van der Waals surface area contributed by atoms with Gasteiger partial charge in [-0.25, -0.2) is 0 Å². The van der Waals surface area contributed by atoms with Crippen LogP contribution in [0.5, 0.6) is 0 Å². The highest BCUT2D eigenvalue weighted by Crippen LogP contribution is 2.16. The molecule has 1 aromatic carbocycles. The van der Waals surface area contributed by atoms with Crippen LogP contribution in [0.4, 0.5) is 0 Å². The number of piperazine rings is 1. The highest BCUT2D eigenvalue weighted by atomic mass is 16.2. The molecule has 0 saturated carbocycles. The first-order chi connectivity index (χ1) is 12.0. The lowest BCUT2D eigenvalue weighted by Crippen LogP contribution is -2.49. The molecule has 1 atom stereocenters. The van der Waals surface area contributed by atoms with E-state index in [0.29, 0.717) is 11.6 Å². The molecule has 2 N–H and O–H groups in total. The quantitative estimate of drug-likeness (QED) is 0.837. The number of likely N-dealkylation sites (tertiary alicyclic amines) is 1. The van der Waals surface area contributed by atoms with Crippen molar-refractivity contribution in [2.45, 2.75) is 26.3 Å². The molecule has 0 bridgehead atoms. The molecule has 136 valence electrons. The number of rotatable bonds is 4. The number of nitrogens with zero attached hydrogens (tertiary/aromatic N) is 2. The molecule has 2 saturated heterocycles. The first-order valence-electron chi connectivity index (χ1n) is 9.12. The largest absolute Gasteiger partial charge is 0.343 e. The number of carbonyl (C=O) groups excluding carboxylic acids is 2. The van der Waals surface area contributed by atoms with Crippen molar-refractivity contribution in [3.05, 3.63) is 34.9 Å². The van der Waals surface area contributed by atoms with E-state index in [0.717, 1.165) is 56.8 Å². The lowest BCUT2D eigenvalue weighted by atomic mass is 10.1. The Bertz CT molecular complexity index is 620. The number of hydrogen-bond donors (Lipinski definition) is 2. The van der Waals surface area contributed by atoms with E-state index in [4.69, 9.17) is 0 Å². The molecule has 2 heterocycles. The molecule has 6 nitrogen and oxygen atoms in total.